The highest BCUT2D eigenvalue weighted by Crippen LogP contribution is 2.29. The zero-order valence-electron chi connectivity index (χ0n) is 12.6. The molecule has 0 aliphatic heterocycles. The first-order chi connectivity index (χ1) is 11.1. The summed E-state index contributed by atoms with van der Waals surface area (Å²) in [5, 5.41) is 13.0. The molecule has 0 aliphatic carbocycles. The van der Waals surface area contributed by atoms with Crippen LogP contribution in [-0.2, 0) is 11.2 Å². The number of carbonyl (C=O) groups is 1. The van der Waals surface area contributed by atoms with Crippen LogP contribution in [0.2, 0.25) is 10.0 Å². The molecule has 1 unspecified atom stereocenters. The molecular formula is C14H13Cl2F2N3O3. The predicted octanol–water partition coefficient (Wildman–Crippen LogP) is 3.31. The molecule has 0 fully saturated rings. The Bertz CT molecular complexity index is 849. The van der Waals surface area contributed by atoms with Crippen molar-refractivity contribution in [2.45, 2.75) is 26.8 Å². The fourth-order valence-corrected chi connectivity index (χ4v) is 2.71. The molecule has 2 aromatic rings. The molecule has 2 rings (SSSR count). The summed E-state index contributed by atoms with van der Waals surface area (Å²) in [5.74, 6) is -1.92. The summed E-state index contributed by atoms with van der Waals surface area (Å²) in [6, 6.07) is 2.71. The Morgan fingerprint density at radius 2 is 1.96 bits per heavy atom. The first kappa shape index (κ1) is 18.4. The van der Waals surface area contributed by atoms with E-state index in [0.717, 1.165) is 4.68 Å². The topological polar surface area (TPSA) is 77.1 Å². The summed E-state index contributed by atoms with van der Waals surface area (Å²) < 4.78 is 26.8. The zero-order chi connectivity index (χ0) is 18.2. The van der Waals surface area contributed by atoms with Crippen LogP contribution in [0, 0.1) is 12.8 Å². The van der Waals surface area contributed by atoms with Crippen LogP contribution in [-0.4, -0.2) is 25.4 Å². The van der Waals surface area contributed by atoms with Crippen LogP contribution >= 0.6 is 23.2 Å². The minimum absolute atomic E-state index is 0.0349. The summed E-state index contributed by atoms with van der Waals surface area (Å²) in [6.07, 6.45) is 0.0849. The van der Waals surface area contributed by atoms with Crippen LogP contribution in [0.5, 0.6) is 0 Å². The van der Waals surface area contributed by atoms with E-state index < -0.39 is 24.1 Å². The predicted molar refractivity (Wildman–Crippen MR) is 84.3 cm³/mol. The van der Waals surface area contributed by atoms with E-state index in [9.17, 15) is 18.4 Å². The number of carboxylic acids is 1. The van der Waals surface area contributed by atoms with Gasteiger partial charge in [-0.1, -0.05) is 30.1 Å². The lowest BCUT2D eigenvalue weighted by Gasteiger charge is -2.11. The normalized spacial score (nSPS) is 12.6. The molecular weight excluding hydrogens is 367 g/mol. The van der Waals surface area contributed by atoms with Gasteiger partial charge in [-0.2, -0.15) is 13.5 Å². The van der Waals surface area contributed by atoms with Crippen molar-refractivity contribution in [2.75, 3.05) is 0 Å². The Kier molecular flexibility index (Phi) is 5.29. The lowest BCUT2D eigenvalue weighted by Crippen LogP contribution is -2.25. The number of rotatable bonds is 5. The second kappa shape index (κ2) is 6.90. The van der Waals surface area contributed by atoms with Crippen LogP contribution < -0.4 is 5.69 Å². The molecule has 10 heteroatoms. The van der Waals surface area contributed by atoms with Gasteiger partial charge in [-0.25, -0.2) is 9.36 Å². The number of carboxylic acid groups (broad SMARTS) is 1. The summed E-state index contributed by atoms with van der Waals surface area (Å²) in [7, 11) is 0. The molecule has 1 heterocycles. The molecule has 0 amide bonds. The molecule has 0 aliphatic rings. The van der Waals surface area contributed by atoms with Crippen molar-refractivity contribution in [1.29, 1.82) is 0 Å². The molecule has 0 saturated heterocycles. The number of alkyl halides is 2. The van der Waals surface area contributed by atoms with E-state index in [0.29, 0.717) is 5.56 Å². The summed E-state index contributed by atoms with van der Waals surface area (Å²) in [6.45, 7) is -0.278. The Hall–Kier alpha value is -1.93. The molecule has 0 saturated carbocycles. The first-order valence-corrected chi connectivity index (χ1v) is 7.56. The third-order valence-corrected chi connectivity index (χ3v) is 4.12. The monoisotopic (exact) mass is 379 g/mol. The average molecular weight is 380 g/mol. The summed E-state index contributed by atoms with van der Waals surface area (Å²) >= 11 is 12.1. The van der Waals surface area contributed by atoms with Crippen LogP contribution in [0.15, 0.2) is 16.9 Å². The molecule has 24 heavy (non-hydrogen) atoms. The van der Waals surface area contributed by atoms with E-state index in [1.807, 2.05) is 0 Å². The highest BCUT2D eigenvalue weighted by Gasteiger charge is 2.21. The van der Waals surface area contributed by atoms with E-state index in [1.54, 1.807) is 0 Å². The largest absolute Gasteiger partial charge is 0.481 e. The van der Waals surface area contributed by atoms with Crippen LogP contribution in [0.3, 0.4) is 0 Å². The van der Waals surface area contributed by atoms with Gasteiger partial charge in [-0.15, -0.1) is 5.10 Å². The quantitative estimate of drug-likeness (QED) is 0.864. The Labute approximate surface area is 145 Å². The summed E-state index contributed by atoms with van der Waals surface area (Å²) in [5.41, 5.74) is -0.577. The lowest BCUT2D eigenvalue weighted by atomic mass is 10.0. The van der Waals surface area contributed by atoms with Crippen molar-refractivity contribution in [3.05, 3.63) is 44.1 Å². The van der Waals surface area contributed by atoms with Gasteiger partial charge in [0.15, 0.2) is 0 Å². The summed E-state index contributed by atoms with van der Waals surface area (Å²) in [4.78, 5) is 23.1. The minimum atomic E-state index is -3.04. The fraction of sp³-hybridized carbons (Fsp3) is 0.357. The molecule has 1 aromatic carbocycles. The maximum absolute atomic E-state index is 12.9. The van der Waals surface area contributed by atoms with Gasteiger partial charge in [0, 0.05) is 5.02 Å². The minimum Gasteiger partial charge on any atom is -0.481 e. The molecule has 1 N–H and O–H groups in total. The number of benzene rings is 1. The number of hydrogen-bond donors (Lipinski definition) is 1. The average Bonchev–Trinajstić information content (AvgIpc) is 2.76. The van der Waals surface area contributed by atoms with Gasteiger partial charge in [-0.05, 0) is 31.0 Å². The van der Waals surface area contributed by atoms with Gasteiger partial charge in [0.05, 0.1) is 16.6 Å². The van der Waals surface area contributed by atoms with E-state index in [1.165, 1.54) is 26.0 Å². The number of aliphatic carboxylic acids is 1. The van der Waals surface area contributed by atoms with Crippen LogP contribution in [0.4, 0.5) is 8.78 Å². The number of hydrogen-bond acceptors (Lipinski definition) is 3. The second-order valence-electron chi connectivity index (χ2n) is 5.23. The van der Waals surface area contributed by atoms with E-state index in [-0.39, 0.29) is 32.5 Å². The van der Waals surface area contributed by atoms with E-state index in [4.69, 9.17) is 28.3 Å². The number of nitrogens with zero attached hydrogens (tertiary/aromatic N) is 3. The van der Waals surface area contributed by atoms with Crippen LogP contribution in [0.1, 0.15) is 24.9 Å². The SMILES string of the molecule is Cc1nn(-c2cc(CC(C)C(=O)O)c(Cl)cc2Cl)c(=O)n1C(F)F. The third-order valence-electron chi connectivity index (χ3n) is 3.47. The van der Waals surface area contributed by atoms with E-state index in [2.05, 4.69) is 5.10 Å². The molecule has 130 valence electrons. The van der Waals surface area contributed by atoms with Crippen molar-refractivity contribution >= 4 is 29.2 Å². The van der Waals surface area contributed by atoms with Gasteiger partial charge in [0.2, 0.25) is 0 Å². The van der Waals surface area contributed by atoms with Crippen LogP contribution in [0.25, 0.3) is 5.69 Å². The molecule has 0 bridgehead atoms. The Morgan fingerprint density at radius 3 is 2.46 bits per heavy atom. The van der Waals surface area contributed by atoms with Gasteiger partial charge < -0.3 is 5.11 Å². The highest BCUT2D eigenvalue weighted by molar-refractivity contribution is 6.36. The van der Waals surface area contributed by atoms with Crippen molar-refractivity contribution in [2.24, 2.45) is 5.92 Å². The van der Waals surface area contributed by atoms with Gasteiger partial charge in [0.25, 0.3) is 0 Å². The molecule has 6 nitrogen and oxygen atoms in total. The Morgan fingerprint density at radius 1 is 1.33 bits per heavy atom. The van der Waals surface area contributed by atoms with Gasteiger partial charge in [-0.3, -0.25) is 4.79 Å². The van der Waals surface area contributed by atoms with Crippen molar-refractivity contribution in [1.82, 2.24) is 14.3 Å². The zero-order valence-corrected chi connectivity index (χ0v) is 14.1. The van der Waals surface area contributed by atoms with Crippen molar-refractivity contribution in [3.63, 3.8) is 0 Å². The number of aryl methyl sites for hydroxylation is 1. The highest BCUT2D eigenvalue weighted by atomic mass is 35.5. The first-order valence-electron chi connectivity index (χ1n) is 6.81. The van der Waals surface area contributed by atoms with Gasteiger partial charge in [0.1, 0.15) is 5.82 Å². The molecule has 1 aromatic heterocycles. The number of aromatic nitrogens is 3. The standard InChI is InChI=1S/C14H13Cl2F2N3O3/c1-6(12(22)23)3-8-4-11(10(16)5-9(8)15)21-14(24)20(13(17)18)7(2)19-21/h4-6,13H,3H2,1-2H3,(H,22,23). The lowest BCUT2D eigenvalue weighted by molar-refractivity contribution is -0.141. The number of halogens is 4. The smallest absolute Gasteiger partial charge is 0.355 e. The fourth-order valence-electron chi connectivity index (χ4n) is 2.17. The third kappa shape index (κ3) is 3.44. The molecule has 0 spiro atoms. The molecule has 0 radical (unpaired) electrons. The Balaban J connectivity index is 2.58. The maximum atomic E-state index is 12.9. The molecule has 1 atom stereocenters. The van der Waals surface area contributed by atoms with E-state index >= 15 is 0 Å². The van der Waals surface area contributed by atoms with Gasteiger partial charge >= 0.3 is 18.2 Å². The maximum Gasteiger partial charge on any atom is 0.355 e. The van der Waals surface area contributed by atoms with Crippen molar-refractivity contribution < 1.29 is 18.7 Å². The second-order valence-corrected chi connectivity index (χ2v) is 6.04. The van der Waals surface area contributed by atoms with Crippen molar-refractivity contribution in [3.8, 4) is 5.69 Å².